The van der Waals surface area contributed by atoms with E-state index in [4.69, 9.17) is 9.47 Å². The Hall–Kier alpha value is -0.610. The molecule has 0 spiro atoms. The molecule has 15 heavy (non-hydrogen) atoms. The van der Waals surface area contributed by atoms with Gasteiger partial charge >= 0.3 is 5.97 Å². The Morgan fingerprint density at radius 1 is 1.40 bits per heavy atom. The van der Waals surface area contributed by atoms with Gasteiger partial charge in [-0.05, 0) is 13.3 Å². The summed E-state index contributed by atoms with van der Waals surface area (Å²) in [6.07, 6.45) is 1.37. The Bertz CT molecular complexity index is 220. The lowest BCUT2D eigenvalue weighted by atomic mass is 10.0. The highest BCUT2D eigenvalue weighted by Crippen LogP contribution is 2.20. The molecule has 1 aliphatic heterocycles. The van der Waals surface area contributed by atoms with Crippen molar-refractivity contribution in [3.8, 4) is 0 Å². The number of nitrogens with zero attached hydrogens (tertiary/aromatic N) is 1. The van der Waals surface area contributed by atoms with E-state index in [1.807, 2.05) is 6.92 Å². The first-order chi connectivity index (χ1) is 7.10. The molecule has 0 bridgehead atoms. The van der Waals surface area contributed by atoms with Crippen LogP contribution >= 0.6 is 0 Å². The summed E-state index contributed by atoms with van der Waals surface area (Å²) in [6, 6.07) is 0.220. The molecule has 0 amide bonds. The first-order valence-corrected chi connectivity index (χ1v) is 5.44. The number of esters is 1. The second-order valence-corrected chi connectivity index (χ2v) is 4.19. The predicted molar refractivity (Wildman–Crippen MR) is 57.6 cm³/mol. The molecule has 0 saturated carbocycles. The summed E-state index contributed by atoms with van der Waals surface area (Å²) in [5, 5.41) is 0. The molecular formula is C11H21NO3. The Labute approximate surface area is 91.5 Å². The van der Waals surface area contributed by atoms with Gasteiger partial charge in [-0.3, -0.25) is 9.69 Å². The van der Waals surface area contributed by atoms with E-state index in [0.717, 1.165) is 19.5 Å². The van der Waals surface area contributed by atoms with Crippen LogP contribution in [0, 0.1) is 5.92 Å². The summed E-state index contributed by atoms with van der Waals surface area (Å²) >= 11 is 0. The van der Waals surface area contributed by atoms with E-state index < -0.39 is 0 Å². The van der Waals surface area contributed by atoms with Gasteiger partial charge in [-0.25, -0.2) is 0 Å². The molecule has 0 aromatic rings. The van der Waals surface area contributed by atoms with Gasteiger partial charge < -0.3 is 9.47 Å². The largest absolute Gasteiger partial charge is 0.469 e. The number of rotatable bonds is 4. The maximum absolute atomic E-state index is 11.4. The fourth-order valence-electron chi connectivity index (χ4n) is 2.02. The fraction of sp³-hybridized carbons (Fsp3) is 0.909. The summed E-state index contributed by atoms with van der Waals surface area (Å²) in [5.41, 5.74) is 0. The van der Waals surface area contributed by atoms with Gasteiger partial charge in [0, 0.05) is 26.2 Å². The maximum atomic E-state index is 11.4. The number of methoxy groups -OCH3 is 2. The lowest BCUT2D eigenvalue weighted by Gasteiger charge is -2.27. The Morgan fingerprint density at radius 2 is 2.07 bits per heavy atom. The first-order valence-electron chi connectivity index (χ1n) is 5.44. The minimum Gasteiger partial charge on any atom is -0.469 e. The van der Waals surface area contributed by atoms with Crippen molar-refractivity contribution in [1.29, 1.82) is 0 Å². The van der Waals surface area contributed by atoms with E-state index in [2.05, 4.69) is 11.8 Å². The molecule has 1 saturated heterocycles. The topological polar surface area (TPSA) is 38.8 Å². The molecule has 0 aliphatic carbocycles. The number of hydrogen-bond acceptors (Lipinski definition) is 4. The van der Waals surface area contributed by atoms with E-state index in [9.17, 15) is 4.79 Å². The van der Waals surface area contributed by atoms with Crippen molar-refractivity contribution in [3.05, 3.63) is 0 Å². The fourth-order valence-corrected chi connectivity index (χ4v) is 2.02. The summed E-state index contributed by atoms with van der Waals surface area (Å²) in [4.78, 5) is 13.7. The summed E-state index contributed by atoms with van der Waals surface area (Å²) < 4.78 is 10.0. The highest BCUT2D eigenvalue weighted by molar-refractivity contribution is 5.72. The number of hydrogen-bond donors (Lipinski definition) is 0. The van der Waals surface area contributed by atoms with Gasteiger partial charge in [-0.1, -0.05) is 6.92 Å². The average molecular weight is 215 g/mol. The zero-order chi connectivity index (χ0) is 11.4. The molecule has 0 aromatic carbocycles. The van der Waals surface area contributed by atoms with Crippen LogP contribution in [0.15, 0.2) is 0 Å². The number of carbonyl (C=O) groups is 1. The van der Waals surface area contributed by atoms with Crippen molar-refractivity contribution in [1.82, 2.24) is 4.90 Å². The van der Waals surface area contributed by atoms with Crippen LogP contribution in [-0.2, 0) is 14.3 Å². The quantitative estimate of drug-likeness (QED) is 0.653. The van der Waals surface area contributed by atoms with Crippen LogP contribution in [0.3, 0.4) is 0 Å². The van der Waals surface area contributed by atoms with E-state index >= 15 is 0 Å². The van der Waals surface area contributed by atoms with Crippen LogP contribution in [-0.4, -0.2) is 50.3 Å². The van der Waals surface area contributed by atoms with Crippen molar-refractivity contribution in [2.75, 3.05) is 27.3 Å². The molecule has 3 atom stereocenters. The lowest BCUT2D eigenvalue weighted by molar-refractivity contribution is -0.146. The second kappa shape index (κ2) is 5.47. The standard InChI is InChI=1S/C11H21NO3/c1-8(11(13)15-4)9(2)12-6-5-10(7-12)14-3/h8-10H,5-7H2,1-4H3. The Kier molecular flexibility index (Phi) is 4.54. The van der Waals surface area contributed by atoms with E-state index in [-0.39, 0.29) is 17.9 Å². The van der Waals surface area contributed by atoms with Gasteiger partial charge in [0.25, 0.3) is 0 Å². The highest BCUT2D eigenvalue weighted by Gasteiger charge is 2.31. The summed E-state index contributed by atoms with van der Waals surface area (Å²) in [7, 11) is 3.18. The second-order valence-electron chi connectivity index (χ2n) is 4.19. The normalized spacial score (nSPS) is 26.3. The maximum Gasteiger partial charge on any atom is 0.309 e. The van der Waals surface area contributed by atoms with Crippen LogP contribution < -0.4 is 0 Å². The minimum atomic E-state index is -0.136. The third-order valence-electron chi connectivity index (χ3n) is 3.38. The molecule has 1 fully saturated rings. The SMILES string of the molecule is COC(=O)C(C)C(C)N1CCC(OC)C1. The molecule has 1 aliphatic rings. The third kappa shape index (κ3) is 2.92. The highest BCUT2D eigenvalue weighted by atomic mass is 16.5. The minimum absolute atomic E-state index is 0.0781. The Morgan fingerprint density at radius 3 is 2.53 bits per heavy atom. The van der Waals surface area contributed by atoms with E-state index in [1.54, 1.807) is 7.11 Å². The molecule has 0 N–H and O–H groups in total. The van der Waals surface area contributed by atoms with Crippen molar-refractivity contribution in [2.45, 2.75) is 32.4 Å². The number of carbonyl (C=O) groups excluding carboxylic acids is 1. The van der Waals surface area contributed by atoms with Crippen LogP contribution in [0.25, 0.3) is 0 Å². The lowest BCUT2D eigenvalue weighted by Crippen LogP contribution is -2.40. The van der Waals surface area contributed by atoms with E-state index in [1.165, 1.54) is 7.11 Å². The Balaban J connectivity index is 2.47. The van der Waals surface area contributed by atoms with Gasteiger partial charge in [0.1, 0.15) is 0 Å². The van der Waals surface area contributed by atoms with Gasteiger partial charge in [0.15, 0.2) is 0 Å². The number of ether oxygens (including phenoxy) is 2. The summed E-state index contributed by atoms with van der Waals surface area (Å²) in [5.74, 6) is -0.214. The van der Waals surface area contributed by atoms with Crippen molar-refractivity contribution in [2.24, 2.45) is 5.92 Å². The molecule has 4 heteroatoms. The molecule has 1 heterocycles. The number of likely N-dealkylation sites (tertiary alicyclic amines) is 1. The zero-order valence-electron chi connectivity index (χ0n) is 10.0. The average Bonchev–Trinajstić information content (AvgIpc) is 2.74. The van der Waals surface area contributed by atoms with Gasteiger partial charge in [0.2, 0.25) is 0 Å². The predicted octanol–water partition coefficient (Wildman–Crippen LogP) is 0.905. The molecule has 0 radical (unpaired) electrons. The van der Waals surface area contributed by atoms with Gasteiger partial charge in [-0.2, -0.15) is 0 Å². The molecule has 1 rings (SSSR count). The third-order valence-corrected chi connectivity index (χ3v) is 3.38. The molecular weight excluding hydrogens is 194 g/mol. The van der Waals surface area contributed by atoms with Crippen LogP contribution in [0.4, 0.5) is 0 Å². The van der Waals surface area contributed by atoms with Crippen LogP contribution in [0.2, 0.25) is 0 Å². The molecule has 88 valence electrons. The van der Waals surface area contributed by atoms with Crippen molar-refractivity contribution < 1.29 is 14.3 Å². The molecule has 4 nitrogen and oxygen atoms in total. The van der Waals surface area contributed by atoms with E-state index in [0.29, 0.717) is 6.10 Å². The zero-order valence-corrected chi connectivity index (χ0v) is 10.0. The van der Waals surface area contributed by atoms with Gasteiger partial charge in [0.05, 0.1) is 19.1 Å². The smallest absolute Gasteiger partial charge is 0.309 e. The van der Waals surface area contributed by atoms with Crippen molar-refractivity contribution >= 4 is 5.97 Å². The first kappa shape index (κ1) is 12.5. The van der Waals surface area contributed by atoms with Crippen molar-refractivity contribution in [3.63, 3.8) is 0 Å². The van der Waals surface area contributed by atoms with Crippen LogP contribution in [0.1, 0.15) is 20.3 Å². The molecule has 3 unspecified atom stereocenters. The monoisotopic (exact) mass is 215 g/mol. The van der Waals surface area contributed by atoms with Gasteiger partial charge in [-0.15, -0.1) is 0 Å². The molecule has 0 aromatic heterocycles. The van der Waals surface area contributed by atoms with Crippen LogP contribution in [0.5, 0.6) is 0 Å². The summed E-state index contributed by atoms with van der Waals surface area (Å²) in [6.45, 7) is 5.90.